The Morgan fingerprint density at radius 3 is 2.75 bits per heavy atom. The second kappa shape index (κ2) is 6.62. The van der Waals surface area contributed by atoms with Gasteiger partial charge in [-0.3, -0.25) is 9.48 Å². The van der Waals surface area contributed by atoms with Crippen LogP contribution < -0.4 is 5.32 Å². The first-order valence-corrected chi connectivity index (χ1v) is 7.33. The number of carbonyl (C=O) groups excluding carboxylic acids is 1. The minimum Gasteiger partial charge on any atom is -0.321 e. The summed E-state index contributed by atoms with van der Waals surface area (Å²) in [6.45, 7) is -0.824. The van der Waals surface area contributed by atoms with Crippen molar-refractivity contribution in [2.45, 2.75) is 6.67 Å². The van der Waals surface area contributed by atoms with Gasteiger partial charge in [0, 0.05) is 24.5 Å². The van der Waals surface area contributed by atoms with E-state index < -0.39 is 12.6 Å². The third-order valence-corrected chi connectivity index (χ3v) is 3.59. The summed E-state index contributed by atoms with van der Waals surface area (Å²) >= 11 is 0. The number of aromatic nitrogens is 2. The van der Waals surface area contributed by atoms with Crippen LogP contribution in [-0.2, 0) is 13.7 Å². The molecular formula is C18H15F2N3O. The SMILES string of the molecule is Cn1cc(C(=O)Nc2ccccc2-c2cccc(F)c2)c(CF)n1. The number of rotatable bonds is 4. The van der Waals surface area contributed by atoms with Crippen LogP contribution in [0.4, 0.5) is 14.5 Å². The van der Waals surface area contributed by atoms with E-state index in [1.165, 1.54) is 23.0 Å². The van der Waals surface area contributed by atoms with Crippen molar-refractivity contribution < 1.29 is 13.6 Å². The van der Waals surface area contributed by atoms with Gasteiger partial charge in [-0.2, -0.15) is 5.10 Å². The van der Waals surface area contributed by atoms with Crippen LogP contribution in [-0.4, -0.2) is 15.7 Å². The Balaban J connectivity index is 1.95. The van der Waals surface area contributed by atoms with Crippen molar-refractivity contribution in [3.8, 4) is 11.1 Å². The van der Waals surface area contributed by atoms with Gasteiger partial charge in [-0.25, -0.2) is 8.78 Å². The number of alkyl halides is 1. The molecule has 0 aliphatic heterocycles. The number of nitrogens with one attached hydrogen (secondary N) is 1. The number of anilines is 1. The van der Waals surface area contributed by atoms with Gasteiger partial charge in [0.1, 0.15) is 18.2 Å². The van der Waals surface area contributed by atoms with Crippen LogP contribution >= 0.6 is 0 Å². The van der Waals surface area contributed by atoms with E-state index in [-0.39, 0.29) is 17.1 Å². The summed E-state index contributed by atoms with van der Waals surface area (Å²) in [5.41, 5.74) is 2.09. The van der Waals surface area contributed by atoms with Crippen LogP contribution in [0.25, 0.3) is 11.1 Å². The van der Waals surface area contributed by atoms with Crippen LogP contribution in [0.3, 0.4) is 0 Å². The molecule has 0 radical (unpaired) electrons. The van der Waals surface area contributed by atoms with Crippen molar-refractivity contribution in [3.05, 3.63) is 71.8 Å². The predicted octanol–water partition coefficient (Wildman–Crippen LogP) is 3.95. The molecule has 2 aromatic carbocycles. The standard InChI is InChI=1S/C18H15F2N3O/c1-23-11-15(17(10-19)22-23)18(24)21-16-8-3-2-7-14(16)12-5-4-6-13(20)9-12/h2-9,11H,10H2,1H3,(H,21,24). The third kappa shape index (κ3) is 3.17. The smallest absolute Gasteiger partial charge is 0.259 e. The maximum Gasteiger partial charge on any atom is 0.259 e. The number of carbonyl (C=O) groups is 1. The molecule has 6 heteroatoms. The minimum atomic E-state index is -0.824. The average Bonchev–Trinajstić information content (AvgIpc) is 2.96. The molecule has 122 valence electrons. The lowest BCUT2D eigenvalue weighted by molar-refractivity contribution is 0.102. The van der Waals surface area contributed by atoms with Gasteiger partial charge in [0.05, 0.1) is 5.56 Å². The van der Waals surface area contributed by atoms with Crippen LogP contribution in [0.15, 0.2) is 54.7 Å². The molecule has 0 saturated heterocycles. The molecule has 1 amide bonds. The van der Waals surface area contributed by atoms with Gasteiger partial charge >= 0.3 is 0 Å². The van der Waals surface area contributed by atoms with Crippen molar-refractivity contribution in [3.63, 3.8) is 0 Å². The lowest BCUT2D eigenvalue weighted by Crippen LogP contribution is -2.13. The molecule has 24 heavy (non-hydrogen) atoms. The monoisotopic (exact) mass is 327 g/mol. The summed E-state index contributed by atoms with van der Waals surface area (Å²) in [6.07, 6.45) is 1.47. The van der Waals surface area contributed by atoms with E-state index in [4.69, 9.17) is 0 Å². The van der Waals surface area contributed by atoms with Crippen molar-refractivity contribution in [1.82, 2.24) is 9.78 Å². The zero-order valence-electron chi connectivity index (χ0n) is 13.0. The molecule has 4 nitrogen and oxygen atoms in total. The Labute approximate surface area is 137 Å². The number of nitrogens with zero attached hydrogens (tertiary/aromatic N) is 2. The molecule has 0 aliphatic rings. The Kier molecular flexibility index (Phi) is 4.37. The topological polar surface area (TPSA) is 46.9 Å². The highest BCUT2D eigenvalue weighted by Crippen LogP contribution is 2.28. The van der Waals surface area contributed by atoms with Crippen molar-refractivity contribution in [2.24, 2.45) is 7.05 Å². The summed E-state index contributed by atoms with van der Waals surface area (Å²) in [4.78, 5) is 12.5. The summed E-state index contributed by atoms with van der Waals surface area (Å²) < 4.78 is 27.9. The van der Waals surface area contributed by atoms with E-state index in [9.17, 15) is 13.6 Å². The lowest BCUT2D eigenvalue weighted by Gasteiger charge is -2.11. The fraction of sp³-hybridized carbons (Fsp3) is 0.111. The maximum absolute atomic E-state index is 13.5. The normalized spacial score (nSPS) is 10.6. The van der Waals surface area contributed by atoms with E-state index >= 15 is 0 Å². The van der Waals surface area contributed by atoms with Gasteiger partial charge in [-0.15, -0.1) is 0 Å². The summed E-state index contributed by atoms with van der Waals surface area (Å²) in [5, 5.41) is 6.67. The molecule has 0 saturated carbocycles. The zero-order chi connectivity index (χ0) is 17.1. The largest absolute Gasteiger partial charge is 0.321 e. The molecule has 0 spiro atoms. The van der Waals surface area contributed by atoms with Gasteiger partial charge in [0.15, 0.2) is 0 Å². The number of hydrogen-bond acceptors (Lipinski definition) is 2. The van der Waals surface area contributed by atoms with Gasteiger partial charge in [-0.05, 0) is 23.8 Å². The fourth-order valence-corrected chi connectivity index (χ4v) is 2.51. The first kappa shape index (κ1) is 15.9. The summed E-state index contributed by atoms with van der Waals surface area (Å²) in [5.74, 6) is -0.819. The van der Waals surface area contributed by atoms with Crippen molar-refractivity contribution >= 4 is 11.6 Å². The predicted molar refractivity (Wildman–Crippen MR) is 87.8 cm³/mol. The molecule has 0 unspecified atom stereocenters. The molecule has 1 heterocycles. The highest BCUT2D eigenvalue weighted by atomic mass is 19.1. The maximum atomic E-state index is 13.5. The quantitative estimate of drug-likeness (QED) is 0.789. The lowest BCUT2D eigenvalue weighted by atomic mass is 10.0. The van der Waals surface area contributed by atoms with E-state index in [0.717, 1.165) is 0 Å². The second-order valence-electron chi connectivity index (χ2n) is 5.31. The van der Waals surface area contributed by atoms with Crippen molar-refractivity contribution in [1.29, 1.82) is 0 Å². The Hall–Kier alpha value is -3.02. The molecule has 1 aromatic heterocycles. The van der Waals surface area contributed by atoms with E-state index in [0.29, 0.717) is 16.8 Å². The molecule has 0 fully saturated rings. The Morgan fingerprint density at radius 2 is 2.00 bits per heavy atom. The number of para-hydroxylation sites is 1. The van der Waals surface area contributed by atoms with E-state index in [1.54, 1.807) is 43.4 Å². The molecular weight excluding hydrogens is 312 g/mol. The number of benzene rings is 2. The first-order chi connectivity index (χ1) is 11.6. The third-order valence-electron chi connectivity index (χ3n) is 3.59. The van der Waals surface area contributed by atoms with Gasteiger partial charge in [0.2, 0.25) is 0 Å². The van der Waals surface area contributed by atoms with Gasteiger partial charge < -0.3 is 5.32 Å². The summed E-state index contributed by atoms with van der Waals surface area (Å²) in [6, 6.07) is 13.2. The fourth-order valence-electron chi connectivity index (χ4n) is 2.51. The number of aryl methyl sites for hydroxylation is 1. The summed E-state index contributed by atoms with van der Waals surface area (Å²) in [7, 11) is 1.62. The van der Waals surface area contributed by atoms with Crippen molar-refractivity contribution in [2.75, 3.05) is 5.32 Å². The number of halogens is 2. The van der Waals surface area contributed by atoms with Crippen LogP contribution in [0.1, 0.15) is 16.1 Å². The molecule has 0 aliphatic carbocycles. The zero-order valence-corrected chi connectivity index (χ0v) is 13.0. The second-order valence-corrected chi connectivity index (χ2v) is 5.31. The van der Waals surface area contributed by atoms with Gasteiger partial charge in [-0.1, -0.05) is 30.3 Å². The Bertz CT molecular complexity index is 889. The molecule has 3 rings (SSSR count). The highest BCUT2D eigenvalue weighted by Gasteiger charge is 2.17. The van der Waals surface area contributed by atoms with Crippen LogP contribution in [0.5, 0.6) is 0 Å². The van der Waals surface area contributed by atoms with E-state index in [1.807, 2.05) is 0 Å². The first-order valence-electron chi connectivity index (χ1n) is 7.33. The number of amides is 1. The van der Waals surface area contributed by atoms with Crippen LogP contribution in [0.2, 0.25) is 0 Å². The molecule has 3 aromatic rings. The Morgan fingerprint density at radius 1 is 1.21 bits per heavy atom. The van der Waals surface area contributed by atoms with Gasteiger partial charge in [0.25, 0.3) is 5.91 Å². The molecule has 0 bridgehead atoms. The average molecular weight is 327 g/mol. The minimum absolute atomic E-state index is 0.0817. The van der Waals surface area contributed by atoms with Crippen LogP contribution in [0, 0.1) is 5.82 Å². The molecule has 1 N–H and O–H groups in total. The molecule has 0 atom stereocenters. The number of hydrogen-bond donors (Lipinski definition) is 1. The highest BCUT2D eigenvalue weighted by molar-refractivity contribution is 6.06. The van der Waals surface area contributed by atoms with E-state index in [2.05, 4.69) is 10.4 Å².